The molecule has 0 spiro atoms. The summed E-state index contributed by atoms with van der Waals surface area (Å²) in [6.45, 7) is 4.68. The predicted molar refractivity (Wildman–Crippen MR) is 82.2 cm³/mol. The van der Waals surface area contributed by atoms with Crippen LogP contribution in [0.25, 0.3) is 0 Å². The molecule has 3 rings (SSSR count). The van der Waals surface area contributed by atoms with Gasteiger partial charge in [-0.2, -0.15) is 0 Å². The molecule has 1 aromatic carbocycles. The van der Waals surface area contributed by atoms with Crippen molar-refractivity contribution < 1.29 is 4.74 Å². The van der Waals surface area contributed by atoms with Crippen molar-refractivity contribution in [2.45, 2.75) is 37.6 Å². The quantitative estimate of drug-likeness (QED) is 0.917. The Labute approximate surface area is 122 Å². The molecule has 3 heteroatoms. The SMILES string of the molecule is COc1ccccc1C1(N2CCCCC2)CCNCC1. The Kier molecular flexibility index (Phi) is 4.27. The number of nitrogens with one attached hydrogen (secondary N) is 1. The number of hydrogen-bond donors (Lipinski definition) is 1. The van der Waals surface area contributed by atoms with Gasteiger partial charge >= 0.3 is 0 Å². The van der Waals surface area contributed by atoms with Crippen LogP contribution < -0.4 is 10.1 Å². The van der Waals surface area contributed by atoms with Crippen LogP contribution in [0.3, 0.4) is 0 Å². The highest BCUT2D eigenvalue weighted by molar-refractivity contribution is 5.40. The number of methoxy groups -OCH3 is 1. The molecule has 0 amide bonds. The van der Waals surface area contributed by atoms with E-state index < -0.39 is 0 Å². The van der Waals surface area contributed by atoms with E-state index >= 15 is 0 Å². The third-order valence-electron chi connectivity index (χ3n) is 5.00. The number of piperidine rings is 2. The van der Waals surface area contributed by atoms with Gasteiger partial charge in [0.1, 0.15) is 5.75 Å². The summed E-state index contributed by atoms with van der Waals surface area (Å²) in [5.41, 5.74) is 1.57. The highest BCUT2D eigenvalue weighted by atomic mass is 16.5. The zero-order valence-corrected chi connectivity index (χ0v) is 12.5. The molecule has 2 aliphatic heterocycles. The molecule has 20 heavy (non-hydrogen) atoms. The van der Waals surface area contributed by atoms with Crippen LogP contribution in [-0.2, 0) is 5.54 Å². The van der Waals surface area contributed by atoms with Gasteiger partial charge in [0.2, 0.25) is 0 Å². The normalized spacial score (nSPS) is 23.4. The number of likely N-dealkylation sites (tertiary alicyclic amines) is 1. The largest absolute Gasteiger partial charge is 0.496 e. The van der Waals surface area contributed by atoms with Crippen molar-refractivity contribution in [1.29, 1.82) is 0 Å². The molecule has 2 heterocycles. The van der Waals surface area contributed by atoms with Crippen molar-refractivity contribution in [2.24, 2.45) is 0 Å². The van der Waals surface area contributed by atoms with E-state index in [4.69, 9.17) is 4.74 Å². The Hall–Kier alpha value is -1.06. The smallest absolute Gasteiger partial charge is 0.123 e. The average molecular weight is 274 g/mol. The van der Waals surface area contributed by atoms with Gasteiger partial charge in [0, 0.05) is 5.56 Å². The molecule has 1 aromatic rings. The van der Waals surface area contributed by atoms with E-state index in [9.17, 15) is 0 Å². The maximum atomic E-state index is 5.67. The Morgan fingerprint density at radius 1 is 1.05 bits per heavy atom. The van der Waals surface area contributed by atoms with E-state index in [1.807, 2.05) is 0 Å². The van der Waals surface area contributed by atoms with Crippen LogP contribution >= 0.6 is 0 Å². The van der Waals surface area contributed by atoms with Crippen molar-refractivity contribution in [3.05, 3.63) is 29.8 Å². The van der Waals surface area contributed by atoms with Gasteiger partial charge in [-0.15, -0.1) is 0 Å². The lowest BCUT2D eigenvalue weighted by atomic mass is 9.78. The van der Waals surface area contributed by atoms with Gasteiger partial charge in [0.05, 0.1) is 12.6 Å². The standard InChI is InChI=1S/C17H26N2O/c1-20-16-8-4-3-7-15(16)17(9-11-18-12-10-17)19-13-5-2-6-14-19/h3-4,7-8,18H,2,5-6,9-14H2,1H3. The average Bonchev–Trinajstić information content (AvgIpc) is 2.56. The molecule has 0 aliphatic carbocycles. The fraction of sp³-hybridized carbons (Fsp3) is 0.647. The van der Waals surface area contributed by atoms with Crippen LogP contribution in [0, 0.1) is 0 Å². The number of para-hydroxylation sites is 1. The van der Waals surface area contributed by atoms with Crippen molar-refractivity contribution in [3.63, 3.8) is 0 Å². The van der Waals surface area contributed by atoms with Crippen LogP contribution in [-0.4, -0.2) is 38.2 Å². The molecule has 1 N–H and O–H groups in total. The van der Waals surface area contributed by atoms with Gasteiger partial charge in [0.15, 0.2) is 0 Å². The molecular weight excluding hydrogens is 248 g/mol. The third-order valence-corrected chi connectivity index (χ3v) is 5.00. The molecule has 0 radical (unpaired) electrons. The second kappa shape index (κ2) is 6.15. The molecule has 0 saturated carbocycles. The van der Waals surface area contributed by atoms with Gasteiger partial charge in [-0.25, -0.2) is 0 Å². The second-order valence-corrected chi connectivity index (χ2v) is 6.03. The fourth-order valence-electron chi connectivity index (χ4n) is 3.95. The maximum absolute atomic E-state index is 5.67. The van der Waals surface area contributed by atoms with E-state index in [0.29, 0.717) is 0 Å². The first-order chi connectivity index (χ1) is 9.87. The lowest BCUT2D eigenvalue weighted by Gasteiger charge is -2.49. The van der Waals surface area contributed by atoms with E-state index in [0.717, 1.165) is 18.8 Å². The lowest BCUT2D eigenvalue weighted by molar-refractivity contribution is 0.0341. The monoisotopic (exact) mass is 274 g/mol. The van der Waals surface area contributed by atoms with Crippen LogP contribution in [0.15, 0.2) is 24.3 Å². The highest BCUT2D eigenvalue weighted by Crippen LogP contribution is 2.42. The molecule has 0 aromatic heterocycles. The number of ether oxygens (including phenoxy) is 1. The Bertz CT molecular complexity index is 434. The summed E-state index contributed by atoms with van der Waals surface area (Å²) in [6, 6.07) is 8.63. The van der Waals surface area contributed by atoms with Crippen LogP contribution in [0.5, 0.6) is 5.75 Å². The van der Waals surface area contributed by atoms with Crippen molar-refractivity contribution >= 4 is 0 Å². The molecule has 3 nitrogen and oxygen atoms in total. The topological polar surface area (TPSA) is 24.5 Å². The minimum atomic E-state index is 0.179. The van der Waals surface area contributed by atoms with E-state index in [2.05, 4.69) is 34.5 Å². The Morgan fingerprint density at radius 2 is 1.75 bits per heavy atom. The van der Waals surface area contributed by atoms with Gasteiger partial charge in [-0.3, -0.25) is 4.90 Å². The predicted octanol–water partition coefficient (Wildman–Crippen LogP) is 2.76. The lowest BCUT2D eigenvalue weighted by Crippen LogP contribution is -2.54. The first-order valence-electron chi connectivity index (χ1n) is 7.96. The number of rotatable bonds is 3. The Morgan fingerprint density at radius 3 is 2.45 bits per heavy atom. The molecule has 2 aliphatic rings. The van der Waals surface area contributed by atoms with Crippen molar-refractivity contribution in [3.8, 4) is 5.75 Å². The molecule has 0 atom stereocenters. The van der Waals surface area contributed by atoms with Crippen LogP contribution in [0.2, 0.25) is 0 Å². The summed E-state index contributed by atoms with van der Waals surface area (Å²) in [7, 11) is 1.80. The van der Waals surface area contributed by atoms with E-state index in [1.165, 1.54) is 50.8 Å². The zero-order valence-electron chi connectivity index (χ0n) is 12.5. The highest BCUT2D eigenvalue weighted by Gasteiger charge is 2.41. The summed E-state index contributed by atoms with van der Waals surface area (Å²) in [5, 5.41) is 3.52. The van der Waals surface area contributed by atoms with Gasteiger partial charge < -0.3 is 10.1 Å². The minimum absolute atomic E-state index is 0.179. The first kappa shape index (κ1) is 13.9. The van der Waals surface area contributed by atoms with Crippen molar-refractivity contribution in [1.82, 2.24) is 10.2 Å². The van der Waals surface area contributed by atoms with Gasteiger partial charge in [-0.1, -0.05) is 24.6 Å². The molecule has 110 valence electrons. The minimum Gasteiger partial charge on any atom is -0.496 e. The van der Waals surface area contributed by atoms with Crippen LogP contribution in [0.4, 0.5) is 0 Å². The van der Waals surface area contributed by atoms with E-state index in [-0.39, 0.29) is 5.54 Å². The van der Waals surface area contributed by atoms with Crippen molar-refractivity contribution in [2.75, 3.05) is 33.3 Å². The van der Waals surface area contributed by atoms with Gasteiger partial charge in [0.25, 0.3) is 0 Å². The third kappa shape index (κ3) is 2.45. The number of benzene rings is 1. The zero-order chi connectivity index (χ0) is 13.8. The van der Waals surface area contributed by atoms with E-state index in [1.54, 1.807) is 7.11 Å². The number of nitrogens with zero attached hydrogens (tertiary/aromatic N) is 1. The van der Waals surface area contributed by atoms with Gasteiger partial charge in [-0.05, 0) is 57.9 Å². The second-order valence-electron chi connectivity index (χ2n) is 6.03. The summed E-state index contributed by atoms with van der Waals surface area (Å²) < 4.78 is 5.67. The maximum Gasteiger partial charge on any atom is 0.123 e. The molecule has 0 unspecified atom stereocenters. The molecule has 0 bridgehead atoms. The summed E-state index contributed by atoms with van der Waals surface area (Å²) in [4.78, 5) is 2.73. The molecular formula is C17H26N2O. The molecule has 2 saturated heterocycles. The molecule has 2 fully saturated rings. The number of hydrogen-bond acceptors (Lipinski definition) is 3. The van der Waals surface area contributed by atoms with Crippen LogP contribution in [0.1, 0.15) is 37.7 Å². The summed E-state index contributed by atoms with van der Waals surface area (Å²) in [6.07, 6.45) is 6.44. The fourth-order valence-corrected chi connectivity index (χ4v) is 3.95. The first-order valence-corrected chi connectivity index (χ1v) is 7.96. The Balaban J connectivity index is 1.99. The summed E-state index contributed by atoms with van der Waals surface area (Å²) >= 11 is 0. The summed E-state index contributed by atoms with van der Waals surface area (Å²) in [5.74, 6) is 1.06.